The summed E-state index contributed by atoms with van der Waals surface area (Å²) in [5, 5.41) is 0. The van der Waals surface area contributed by atoms with E-state index in [0.29, 0.717) is 13.2 Å². The maximum atomic E-state index is 10.9. The van der Waals surface area contributed by atoms with Crippen molar-refractivity contribution >= 4 is 16.9 Å². The number of hydrogen-bond acceptors (Lipinski definition) is 6. The van der Waals surface area contributed by atoms with E-state index in [4.69, 9.17) is 9.47 Å². The van der Waals surface area contributed by atoms with Crippen molar-refractivity contribution in [3.63, 3.8) is 0 Å². The van der Waals surface area contributed by atoms with Gasteiger partial charge in [0.15, 0.2) is 0 Å². The highest BCUT2D eigenvalue weighted by Gasteiger charge is 2.32. The van der Waals surface area contributed by atoms with Crippen LogP contribution in [0.1, 0.15) is 69.9 Å². The molecule has 0 aliphatic carbocycles. The normalized spacial score (nSPS) is 13.6. The Bertz CT molecular complexity index is 653. The number of benzene rings is 1. The molecule has 0 saturated carbocycles. The summed E-state index contributed by atoms with van der Waals surface area (Å²) in [6.07, 6.45) is 14.2. The maximum absolute atomic E-state index is 10.9. The van der Waals surface area contributed by atoms with Crippen molar-refractivity contribution in [2.24, 2.45) is 5.90 Å². The quantitative estimate of drug-likeness (QED) is 0.195. The van der Waals surface area contributed by atoms with E-state index in [9.17, 15) is 8.76 Å². The predicted octanol–water partition coefficient (Wildman–Crippen LogP) is 4.99. The van der Waals surface area contributed by atoms with Crippen LogP contribution in [0.3, 0.4) is 0 Å². The van der Waals surface area contributed by atoms with E-state index in [1.807, 2.05) is 25.1 Å². The Morgan fingerprint density at radius 2 is 1.70 bits per heavy atom. The van der Waals surface area contributed by atoms with Gasteiger partial charge in [0.05, 0.1) is 13.2 Å². The summed E-state index contributed by atoms with van der Waals surface area (Å²) in [6, 6.07) is 6.30. The van der Waals surface area contributed by atoms with Gasteiger partial charge in [-0.15, -0.1) is 4.18 Å². The third-order valence-corrected chi connectivity index (χ3v) is 5.24. The van der Waals surface area contributed by atoms with Crippen LogP contribution in [0.25, 0.3) is 6.08 Å². The number of aryl methyl sites for hydroxylation is 1. The fourth-order valence-corrected chi connectivity index (χ4v) is 3.34. The van der Waals surface area contributed by atoms with Crippen LogP contribution in [0.4, 0.5) is 0 Å². The van der Waals surface area contributed by atoms with Crippen molar-refractivity contribution in [2.45, 2.75) is 65.2 Å². The van der Waals surface area contributed by atoms with E-state index in [0.717, 1.165) is 17.7 Å². The Morgan fingerprint density at radius 1 is 1.00 bits per heavy atom. The van der Waals surface area contributed by atoms with Gasteiger partial charge in [0.2, 0.25) is 0 Å². The Morgan fingerprint density at radius 3 is 2.40 bits per heavy atom. The van der Waals surface area contributed by atoms with Crippen LogP contribution < -0.4 is 10.6 Å². The van der Waals surface area contributed by atoms with Gasteiger partial charge in [0.25, 0.3) is 0 Å². The van der Waals surface area contributed by atoms with E-state index in [1.54, 1.807) is 0 Å². The minimum Gasteiger partial charge on any atom is -0.491 e. The van der Waals surface area contributed by atoms with E-state index in [1.165, 1.54) is 50.5 Å². The average molecular weight is 444 g/mol. The first-order valence-corrected chi connectivity index (χ1v) is 12.1. The first kappa shape index (κ1) is 26.7. The highest BCUT2D eigenvalue weighted by molar-refractivity contribution is 7.88. The van der Waals surface area contributed by atoms with Crippen molar-refractivity contribution in [1.29, 1.82) is 0 Å². The van der Waals surface area contributed by atoms with Crippen molar-refractivity contribution in [2.75, 3.05) is 26.4 Å². The molecule has 171 valence electrons. The summed E-state index contributed by atoms with van der Waals surface area (Å²) in [5.41, 5.74) is 2.37. The lowest BCUT2D eigenvalue weighted by atomic mass is 10.0. The van der Waals surface area contributed by atoms with Crippen LogP contribution in [0.5, 0.6) is 5.75 Å². The maximum Gasteiger partial charge on any atom is 0.564 e. The second-order valence-corrected chi connectivity index (χ2v) is 8.28. The minimum atomic E-state index is -4.13. The van der Waals surface area contributed by atoms with Crippen molar-refractivity contribution in [3.8, 4) is 5.75 Å². The van der Waals surface area contributed by atoms with Gasteiger partial charge in [-0.3, -0.25) is 0 Å². The molecule has 1 radical (unpaired) electrons. The number of allylic oxidation sites excluding steroid dienone is 1. The Hall–Kier alpha value is -1.29. The molecule has 7 nitrogen and oxygen atoms in total. The third-order valence-electron chi connectivity index (χ3n) is 4.55. The third kappa shape index (κ3) is 12.4. The van der Waals surface area contributed by atoms with Gasteiger partial charge >= 0.3 is 10.8 Å². The monoisotopic (exact) mass is 443 g/mol. The van der Waals surface area contributed by atoms with E-state index >= 15 is 0 Å². The highest BCUT2D eigenvalue weighted by atomic mass is 32.3. The van der Waals surface area contributed by atoms with Crippen LogP contribution in [0, 0.1) is 0 Å². The molecule has 0 amide bonds. The fraction of sp³-hybridized carbons (Fsp3) is 0.636. The first-order chi connectivity index (χ1) is 14.5. The standard InChI is InChI=1S/C22H37NO6S/c1-3-5-6-7-8-9-10-12-20-13-14-22(21(19-20)11-4-2)27-17-15-26-16-18-28-30(24,25)29-23/h4,11,13-14,19H,3,5-10,12,15-18,23H2,1-2H3/q+1/b11-4+. The number of ether oxygens (including phenoxy) is 2. The van der Waals surface area contributed by atoms with Crippen molar-refractivity contribution in [1.82, 2.24) is 0 Å². The molecule has 0 saturated heterocycles. The molecule has 0 bridgehead atoms. The summed E-state index contributed by atoms with van der Waals surface area (Å²) >= 11 is 0. The first-order valence-electron chi connectivity index (χ1n) is 10.8. The van der Waals surface area contributed by atoms with Crippen molar-refractivity contribution < 1.29 is 26.7 Å². The van der Waals surface area contributed by atoms with Gasteiger partial charge in [-0.1, -0.05) is 63.7 Å². The zero-order chi connectivity index (χ0) is 22.1. The Kier molecular flexibility index (Phi) is 14.6. The molecule has 2 N–H and O–H groups in total. The number of hydrogen-bond donors (Lipinski definition) is 1. The predicted molar refractivity (Wildman–Crippen MR) is 119 cm³/mol. The number of nitrogens with two attached hydrogens (primary N) is 1. The zero-order valence-corrected chi connectivity index (χ0v) is 19.1. The summed E-state index contributed by atoms with van der Waals surface area (Å²) in [4.78, 5) is 0. The number of rotatable bonds is 18. The molecule has 0 heterocycles. The van der Waals surface area contributed by atoms with Crippen LogP contribution in [0.2, 0.25) is 0 Å². The molecular weight excluding hydrogens is 406 g/mol. The fourth-order valence-electron chi connectivity index (χ4n) is 3.02. The molecule has 0 aliphatic heterocycles. The molecule has 1 unspecified atom stereocenters. The average Bonchev–Trinajstić information content (AvgIpc) is 2.73. The molecule has 0 aliphatic rings. The summed E-state index contributed by atoms with van der Waals surface area (Å²) in [5.74, 6) is 5.36. The van der Waals surface area contributed by atoms with Gasteiger partial charge in [0, 0.05) is 9.77 Å². The summed E-state index contributed by atoms with van der Waals surface area (Å²) in [6.45, 7) is 4.80. The summed E-state index contributed by atoms with van der Waals surface area (Å²) < 4.78 is 41.0. The van der Waals surface area contributed by atoms with Gasteiger partial charge < -0.3 is 9.47 Å². The smallest absolute Gasteiger partial charge is 0.491 e. The Balaban J connectivity index is 2.32. The lowest BCUT2D eigenvalue weighted by Crippen LogP contribution is -2.22. The van der Waals surface area contributed by atoms with Gasteiger partial charge in [-0.05, 0) is 41.7 Å². The lowest BCUT2D eigenvalue weighted by Gasteiger charge is -2.11. The zero-order valence-electron chi connectivity index (χ0n) is 18.3. The van der Waals surface area contributed by atoms with Crippen LogP contribution in [-0.2, 0) is 39.2 Å². The minimum absolute atomic E-state index is 0.0883. The highest BCUT2D eigenvalue weighted by Crippen LogP contribution is 2.23. The molecular formula is C22H37NO6S+. The SMILES string of the molecule is C/C=C/c1cc(CCCCCCCCC)ccc1OCCOCCO[S+]([O])(=O)ON. The lowest BCUT2D eigenvalue weighted by molar-refractivity contribution is 0.0632. The molecule has 30 heavy (non-hydrogen) atoms. The molecule has 1 aromatic carbocycles. The van der Waals surface area contributed by atoms with E-state index in [-0.39, 0.29) is 13.2 Å². The molecule has 1 atom stereocenters. The van der Waals surface area contributed by atoms with Gasteiger partial charge in [-0.2, -0.15) is 5.90 Å². The van der Waals surface area contributed by atoms with Crippen molar-refractivity contribution in [3.05, 3.63) is 35.4 Å². The topological polar surface area (TPSA) is 99.9 Å². The molecule has 0 aromatic heterocycles. The van der Waals surface area contributed by atoms with Crippen LogP contribution >= 0.6 is 0 Å². The second-order valence-electron chi connectivity index (χ2n) is 7.03. The van der Waals surface area contributed by atoms with Crippen LogP contribution in [0.15, 0.2) is 24.3 Å². The largest absolute Gasteiger partial charge is 0.564 e. The molecule has 1 rings (SSSR count). The Labute approximate surface area is 182 Å². The van der Waals surface area contributed by atoms with Gasteiger partial charge in [0.1, 0.15) is 23.5 Å². The molecule has 8 heteroatoms. The van der Waals surface area contributed by atoms with E-state index < -0.39 is 10.8 Å². The second kappa shape index (κ2) is 16.4. The summed E-state index contributed by atoms with van der Waals surface area (Å²) in [7, 11) is -4.13. The van der Waals surface area contributed by atoms with E-state index in [2.05, 4.69) is 33.4 Å². The molecule has 0 spiro atoms. The van der Waals surface area contributed by atoms with Crippen LogP contribution in [-0.4, -0.2) is 26.4 Å². The molecule has 1 aromatic rings. The number of unbranched alkanes of at least 4 members (excludes halogenated alkanes) is 6. The molecule has 0 fully saturated rings. The van der Waals surface area contributed by atoms with Gasteiger partial charge in [-0.25, -0.2) is 0 Å².